The van der Waals surface area contributed by atoms with E-state index in [1.807, 2.05) is 6.07 Å². The van der Waals surface area contributed by atoms with Crippen LogP contribution in [0.1, 0.15) is 41.6 Å². The van der Waals surface area contributed by atoms with Gasteiger partial charge in [-0.05, 0) is 37.5 Å². The first kappa shape index (κ1) is 14.7. The van der Waals surface area contributed by atoms with Crippen molar-refractivity contribution in [3.05, 3.63) is 23.3 Å². The van der Waals surface area contributed by atoms with Gasteiger partial charge in [-0.3, -0.25) is 0 Å². The van der Waals surface area contributed by atoms with Gasteiger partial charge in [0.25, 0.3) is 0 Å². The van der Waals surface area contributed by atoms with Crippen LogP contribution in [0.15, 0.2) is 12.1 Å². The number of carboxylic acids is 1. The van der Waals surface area contributed by atoms with E-state index < -0.39 is 5.97 Å². The summed E-state index contributed by atoms with van der Waals surface area (Å²) in [6, 6.07) is 3.41. The molecule has 20 heavy (non-hydrogen) atoms. The number of rotatable bonds is 5. The average Bonchev–Trinajstić information content (AvgIpc) is 2.89. The zero-order valence-corrected chi connectivity index (χ0v) is 11.8. The topological polar surface area (TPSA) is 95.6 Å². The summed E-state index contributed by atoms with van der Waals surface area (Å²) >= 11 is 0. The molecule has 0 atom stereocenters. The number of anilines is 2. The number of carbonyl (C=O) groups is 1. The van der Waals surface area contributed by atoms with Crippen LogP contribution in [-0.4, -0.2) is 29.3 Å². The van der Waals surface area contributed by atoms with Crippen molar-refractivity contribution in [1.29, 1.82) is 0 Å². The second kappa shape index (κ2) is 5.71. The number of aliphatic hydroxyl groups is 1. The number of aryl methyl sites for hydroxylation is 1. The molecule has 1 aliphatic rings. The second-order valence-electron chi connectivity index (χ2n) is 5.78. The molecule has 0 heterocycles. The van der Waals surface area contributed by atoms with Crippen LogP contribution < -0.4 is 11.1 Å². The lowest BCUT2D eigenvalue weighted by atomic mass is 9.87. The standard InChI is InChI=1S/C15H22N2O3/c1-10-6-11(7-12(13(10)16)14(19)20)17-8-15(9-18)4-2-3-5-15/h6-7,17-18H,2-5,8-9,16H2,1H3,(H,19,20). The third kappa shape index (κ3) is 2.88. The van der Waals surface area contributed by atoms with Gasteiger partial charge in [-0.2, -0.15) is 0 Å². The molecule has 1 fully saturated rings. The second-order valence-corrected chi connectivity index (χ2v) is 5.78. The molecule has 0 spiro atoms. The SMILES string of the molecule is Cc1cc(NCC2(CO)CCCC2)cc(C(=O)O)c1N. The first-order valence-electron chi connectivity index (χ1n) is 6.96. The highest BCUT2D eigenvalue weighted by molar-refractivity contribution is 5.95. The van der Waals surface area contributed by atoms with E-state index in [9.17, 15) is 9.90 Å². The van der Waals surface area contributed by atoms with Crippen LogP contribution >= 0.6 is 0 Å². The van der Waals surface area contributed by atoms with Crippen molar-refractivity contribution in [3.8, 4) is 0 Å². The summed E-state index contributed by atoms with van der Waals surface area (Å²) in [5.74, 6) is -1.02. The molecule has 0 aliphatic heterocycles. The van der Waals surface area contributed by atoms with Gasteiger partial charge in [0, 0.05) is 23.3 Å². The molecule has 0 saturated heterocycles. The van der Waals surface area contributed by atoms with Gasteiger partial charge in [0.05, 0.1) is 12.2 Å². The number of nitrogen functional groups attached to an aromatic ring is 1. The van der Waals surface area contributed by atoms with Crippen molar-refractivity contribution in [2.45, 2.75) is 32.6 Å². The molecule has 5 N–H and O–H groups in total. The lowest BCUT2D eigenvalue weighted by molar-refractivity contribution is 0.0698. The fourth-order valence-electron chi connectivity index (χ4n) is 2.88. The summed E-state index contributed by atoms with van der Waals surface area (Å²) in [5.41, 5.74) is 7.62. The maximum atomic E-state index is 11.2. The van der Waals surface area contributed by atoms with Crippen molar-refractivity contribution in [2.24, 2.45) is 5.41 Å². The zero-order chi connectivity index (χ0) is 14.8. The van der Waals surface area contributed by atoms with Crippen LogP contribution in [0.5, 0.6) is 0 Å². The first-order chi connectivity index (χ1) is 9.47. The Morgan fingerprint density at radius 1 is 1.40 bits per heavy atom. The number of nitrogens with one attached hydrogen (secondary N) is 1. The Labute approximate surface area is 118 Å². The lowest BCUT2D eigenvalue weighted by Gasteiger charge is -2.27. The van der Waals surface area contributed by atoms with Gasteiger partial charge in [0.15, 0.2) is 0 Å². The van der Waals surface area contributed by atoms with Crippen molar-refractivity contribution in [1.82, 2.24) is 0 Å². The first-order valence-corrected chi connectivity index (χ1v) is 6.96. The average molecular weight is 278 g/mol. The molecular formula is C15H22N2O3. The Balaban J connectivity index is 2.15. The molecule has 0 radical (unpaired) electrons. The molecule has 2 rings (SSSR count). The number of benzene rings is 1. The lowest BCUT2D eigenvalue weighted by Crippen LogP contribution is -2.30. The number of carboxylic acid groups (broad SMARTS) is 1. The highest BCUT2D eigenvalue weighted by atomic mass is 16.4. The Morgan fingerprint density at radius 3 is 2.60 bits per heavy atom. The van der Waals surface area contributed by atoms with Gasteiger partial charge in [-0.15, -0.1) is 0 Å². The summed E-state index contributed by atoms with van der Waals surface area (Å²) in [5, 5.41) is 22.0. The Hall–Kier alpha value is -1.75. The third-order valence-electron chi connectivity index (χ3n) is 4.28. The highest BCUT2D eigenvalue weighted by Crippen LogP contribution is 2.38. The van der Waals surface area contributed by atoms with Crippen molar-refractivity contribution in [2.75, 3.05) is 24.2 Å². The molecule has 0 unspecified atom stereocenters. The van der Waals surface area contributed by atoms with Gasteiger partial charge in [-0.1, -0.05) is 12.8 Å². The van der Waals surface area contributed by atoms with E-state index in [1.165, 1.54) is 0 Å². The van der Waals surface area contributed by atoms with Crippen molar-refractivity contribution >= 4 is 17.3 Å². The quantitative estimate of drug-likeness (QED) is 0.619. The Morgan fingerprint density at radius 2 is 2.05 bits per heavy atom. The van der Waals surface area contributed by atoms with E-state index in [-0.39, 0.29) is 17.6 Å². The molecule has 5 nitrogen and oxygen atoms in total. The predicted molar refractivity (Wildman–Crippen MR) is 79.0 cm³/mol. The monoisotopic (exact) mass is 278 g/mol. The predicted octanol–water partition coefficient (Wildman–Crippen LogP) is 2.24. The molecule has 0 aromatic heterocycles. The van der Waals surface area contributed by atoms with E-state index in [1.54, 1.807) is 13.0 Å². The summed E-state index contributed by atoms with van der Waals surface area (Å²) in [6.07, 6.45) is 4.30. The van der Waals surface area contributed by atoms with Crippen LogP contribution in [0.3, 0.4) is 0 Å². The summed E-state index contributed by atoms with van der Waals surface area (Å²) < 4.78 is 0. The molecule has 1 aromatic rings. The van der Waals surface area contributed by atoms with Gasteiger partial charge in [0.2, 0.25) is 0 Å². The van der Waals surface area contributed by atoms with Crippen molar-refractivity contribution in [3.63, 3.8) is 0 Å². The maximum absolute atomic E-state index is 11.2. The van der Waals surface area contributed by atoms with Crippen LogP contribution in [0.25, 0.3) is 0 Å². The van der Waals surface area contributed by atoms with Gasteiger partial charge >= 0.3 is 5.97 Å². The zero-order valence-electron chi connectivity index (χ0n) is 11.8. The summed E-state index contributed by atoms with van der Waals surface area (Å²) in [4.78, 5) is 11.2. The summed E-state index contributed by atoms with van der Waals surface area (Å²) in [7, 11) is 0. The summed E-state index contributed by atoms with van der Waals surface area (Å²) in [6.45, 7) is 2.62. The van der Waals surface area contributed by atoms with Crippen molar-refractivity contribution < 1.29 is 15.0 Å². The molecule has 1 aromatic carbocycles. The third-order valence-corrected chi connectivity index (χ3v) is 4.28. The molecule has 0 amide bonds. The molecule has 5 heteroatoms. The number of nitrogens with two attached hydrogens (primary N) is 1. The highest BCUT2D eigenvalue weighted by Gasteiger charge is 2.32. The minimum absolute atomic E-state index is 0.0708. The van der Waals surface area contributed by atoms with E-state index in [0.29, 0.717) is 12.2 Å². The number of aromatic carboxylic acids is 1. The Kier molecular flexibility index (Phi) is 4.18. The normalized spacial score (nSPS) is 17.1. The minimum atomic E-state index is -1.02. The van der Waals surface area contributed by atoms with Crippen LogP contribution in [0.2, 0.25) is 0 Å². The largest absolute Gasteiger partial charge is 0.478 e. The van der Waals surface area contributed by atoms with Crippen LogP contribution in [0, 0.1) is 12.3 Å². The molecule has 1 aliphatic carbocycles. The van der Waals surface area contributed by atoms with E-state index >= 15 is 0 Å². The molecule has 0 bridgehead atoms. The molecule has 110 valence electrons. The van der Waals surface area contributed by atoms with Gasteiger partial charge < -0.3 is 21.3 Å². The van der Waals surface area contributed by atoms with Gasteiger partial charge in [-0.25, -0.2) is 4.79 Å². The molecular weight excluding hydrogens is 256 g/mol. The van der Waals surface area contributed by atoms with Crippen LogP contribution in [-0.2, 0) is 0 Å². The van der Waals surface area contributed by atoms with Crippen LogP contribution in [0.4, 0.5) is 11.4 Å². The Bertz CT molecular complexity index is 508. The number of aliphatic hydroxyl groups excluding tert-OH is 1. The minimum Gasteiger partial charge on any atom is -0.478 e. The smallest absolute Gasteiger partial charge is 0.337 e. The van der Waals surface area contributed by atoms with E-state index in [2.05, 4.69) is 5.32 Å². The number of hydrogen-bond donors (Lipinski definition) is 4. The molecule has 1 saturated carbocycles. The van der Waals surface area contributed by atoms with E-state index in [4.69, 9.17) is 10.8 Å². The fraction of sp³-hybridized carbons (Fsp3) is 0.533. The van der Waals surface area contributed by atoms with Gasteiger partial charge in [0.1, 0.15) is 0 Å². The maximum Gasteiger partial charge on any atom is 0.337 e. The fourth-order valence-corrected chi connectivity index (χ4v) is 2.88. The number of hydrogen-bond acceptors (Lipinski definition) is 4. The van der Waals surface area contributed by atoms with E-state index in [0.717, 1.165) is 36.9 Å².